The molecule has 49 heavy (non-hydrogen) atoms. The van der Waals surface area contributed by atoms with E-state index in [1.54, 1.807) is 36.4 Å². The molecule has 1 saturated heterocycles. The molecule has 0 radical (unpaired) electrons. The average molecular weight is 875 g/mol. The van der Waals surface area contributed by atoms with E-state index in [0.29, 0.717) is 34.3 Å². The van der Waals surface area contributed by atoms with Gasteiger partial charge in [0.25, 0.3) is 5.69 Å². The van der Waals surface area contributed by atoms with Gasteiger partial charge in [-0.25, -0.2) is 9.78 Å². The Balaban J connectivity index is 1.19. The zero-order chi connectivity index (χ0) is 34.9. The molecule has 0 spiro atoms. The summed E-state index contributed by atoms with van der Waals surface area (Å²) in [4.78, 5) is 70.7. The van der Waals surface area contributed by atoms with Gasteiger partial charge in [-0.15, -0.1) is 0 Å². The number of aromatic nitrogens is 1. The number of ketones is 1. The lowest BCUT2D eigenvalue weighted by atomic mass is 9.81. The number of imide groups is 1. The van der Waals surface area contributed by atoms with E-state index >= 15 is 0 Å². The maximum atomic E-state index is 13.6. The second kappa shape index (κ2) is 13.0. The van der Waals surface area contributed by atoms with Crippen molar-refractivity contribution in [3.8, 4) is 11.3 Å². The molecule has 2 amide bonds. The number of esters is 1. The number of fused-ring (bicyclic) bond motifs is 6. The fourth-order valence-corrected chi connectivity index (χ4v) is 10.0. The molecule has 3 aliphatic rings. The summed E-state index contributed by atoms with van der Waals surface area (Å²) >= 11 is 16.8. The summed E-state index contributed by atoms with van der Waals surface area (Å²) < 4.78 is 6.18. The standard InChI is InChI=1S/C35H25Br3ClN3O7/c1-2-15-9-18(36)11-20-21(35(46)49-14-27(43)17-5-8-24(39)26(10-17)42(47)48)13-25(40-32(15)20)16-3-6-19(7-4-16)41-33(44)28-22-12-23(29(28)34(41)45)31(38)30(22)37/h3-11,13,22-23,28-31H,2,12,14H2,1H3. The minimum absolute atomic E-state index is 0.0226. The van der Waals surface area contributed by atoms with Crippen molar-refractivity contribution in [2.45, 2.75) is 29.4 Å². The molecule has 2 saturated carbocycles. The van der Waals surface area contributed by atoms with Crippen molar-refractivity contribution in [1.29, 1.82) is 0 Å². The van der Waals surface area contributed by atoms with Gasteiger partial charge in [-0.2, -0.15) is 0 Å². The summed E-state index contributed by atoms with van der Waals surface area (Å²) in [5.74, 6) is -2.23. The second-order valence-corrected chi connectivity index (χ2v) is 15.8. The number of rotatable bonds is 8. The molecule has 3 aromatic carbocycles. The van der Waals surface area contributed by atoms with Crippen LogP contribution in [-0.2, 0) is 20.7 Å². The van der Waals surface area contributed by atoms with Gasteiger partial charge in [0, 0.05) is 36.7 Å². The Hall–Kier alpha value is -3.52. The number of Topliss-reactive ketones (excluding diaryl/α,β-unsaturated/α-hetero) is 1. The summed E-state index contributed by atoms with van der Waals surface area (Å²) in [6.07, 6.45) is 1.46. The lowest BCUT2D eigenvalue weighted by Crippen LogP contribution is -2.37. The van der Waals surface area contributed by atoms with Gasteiger partial charge in [-0.3, -0.25) is 29.4 Å². The van der Waals surface area contributed by atoms with Crippen LogP contribution in [0.15, 0.2) is 65.1 Å². The first kappa shape index (κ1) is 34.0. The van der Waals surface area contributed by atoms with E-state index in [1.165, 1.54) is 17.0 Å². The number of aryl methyl sites for hydroxylation is 1. The largest absolute Gasteiger partial charge is 0.454 e. The highest BCUT2D eigenvalue weighted by Gasteiger charge is 2.66. The zero-order valence-corrected chi connectivity index (χ0v) is 31.1. The van der Waals surface area contributed by atoms with Crippen molar-refractivity contribution in [2.75, 3.05) is 11.5 Å². The van der Waals surface area contributed by atoms with Crippen molar-refractivity contribution < 1.29 is 28.8 Å². The number of benzene rings is 3. The summed E-state index contributed by atoms with van der Waals surface area (Å²) in [6.45, 7) is 1.31. The summed E-state index contributed by atoms with van der Waals surface area (Å²) in [5, 5.41) is 11.7. The van der Waals surface area contributed by atoms with Gasteiger partial charge in [0.15, 0.2) is 6.61 Å². The average Bonchev–Trinajstić information content (AvgIpc) is 3.70. The number of anilines is 1. The minimum Gasteiger partial charge on any atom is -0.454 e. The molecule has 4 aromatic rings. The molecule has 2 heterocycles. The number of hydrogen-bond donors (Lipinski definition) is 0. The molecule has 10 nitrogen and oxygen atoms in total. The number of nitro benzene ring substituents is 1. The van der Waals surface area contributed by atoms with Crippen LogP contribution >= 0.6 is 59.4 Å². The van der Waals surface area contributed by atoms with E-state index in [-0.39, 0.29) is 61.3 Å². The topological polar surface area (TPSA) is 137 Å². The molecule has 1 aromatic heterocycles. The van der Waals surface area contributed by atoms with Crippen LogP contribution in [0.2, 0.25) is 5.02 Å². The van der Waals surface area contributed by atoms with Gasteiger partial charge in [-0.05, 0) is 72.7 Å². The highest BCUT2D eigenvalue weighted by molar-refractivity contribution is 9.12. The van der Waals surface area contributed by atoms with Crippen LogP contribution < -0.4 is 4.90 Å². The van der Waals surface area contributed by atoms with E-state index in [0.717, 1.165) is 22.5 Å². The Kier molecular flexibility index (Phi) is 9.00. The third-order valence-corrected chi connectivity index (χ3v) is 13.7. The van der Waals surface area contributed by atoms with Crippen molar-refractivity contribution in [1.82, 2.24) is 4.98 Å². The van der Waals surface area contributed by atoms with Gasteiger partial charge in [-0.1, -0.05) is 78.4 Å². The maximum Gasteiger partial charge on any atom is 0.339 e. The quantitative estimate of drug-likeness (QED) is 0.0433. The number of ether oxygens (including phenoxy) is 1. The molecule has 6 atom stereocenters. The van der Waals surface area contributed by atoms with E-state index in [9.17, 15) is 29.3 Å². The van der Waals surface area contributed by atoms with Gasteiger partial charge < -0.3 is 4.74 Å². The number of nitrogens with zero attached hydrogens (tertiary/aromatic N) is 3. The predicted octanol–water partition coefficient (Wildman–Crippen LogP) is 8.11. The lowest BCUT2D eigenvalue weighted by Gasteiger charge is -2.28. The monoisotopic (exact) mass is 871 g/mol. The molecule has 2 bridgehead atoms. The number of carbonyl (C=O) groups excluding carboxylic acids is 4. The van der Waals surface area contributed by atoms with Crippen molar-refractivity contribution in [3.63, 3.8) is 0 Å². The van der Waals surface area contributed by atoms with E-state index in [4.69, 9.17) is 21.3 Å². The number of pyridine rings is 1. The Bertz CT molecular complexity index is 2080. The molecular weight excluding hydrogens is 850 g/mol. The van der Waals surface area contributed by atoms with Gasteiger partial charge in [0.05, 0.1) is 39.2 Å². The van der Waals surface area contributed by atoms with E-state index in [1.807, 2.05) is 13.0 Å². The summed E-state index contributed by atoms with van der Waals surface area (Å²) in [7, 11) is 0. The molecule has 0 N–H and O–H groups in total. The predicted molar refractivity (Wildman–Crippen MR) is 193 cm³/mol. The lowest BCUT2D eigenvalue weighted by molar-refractivity contribution is -0.384. The van der Waals surface area contributed by atoms with Crippen LogP contribution in [-0.4, -0.2) is 49.7 Å². The highest BCUT2D eigenvalue weighted by Crippen LogP contribution is 2.60. The first-order chi connectivity index (χ1) is 23.4. The minimum atomic E-state index is -0.785. The third kappa shape index (κ3) is 5.72. The fourth-order valence-electron chi connectivity index (χ4n) is 7.45. The Labute approximate surface area is 310 Å². The maximum absolute atomic E-state index is 13.6. The third-order valence-electron chi connectivity index (χ3n) is 9.77. The molecule has 3 fully saturated rings. The number of hydrogen-bond acceptors (Lipinski definition) is 8. The van der Waals surface area contributed by atoms with Gasteiger partial charge >= 0.3 is 5.97 Å². The number of alkyl halides is 2. The zero-order valence-electron chi connectivity index (χ0n) is 25.6. The summed E-state index contributed by atoms with van der Waals surface area (Å²) in [6, 6.07) is 15.8. The Morgan fingerprint density at radius 3 is 2.27 bits per heavy atom. The molecule has 250 valence electrons. The number of amides is 2. The SMILES string of the molecule is CCc1cc(Br)cc2c(C(=O)OCC(=O)c3ccc(Cl)c([N+](=O)[O-])c3)cc(-c3ccc(N4C(=O)C5C6CC(C(Br)C6Br)C5C4=O)cc3)nc12. The second-order valence-electron chi connectivity index (χ2n) is 12.4. The molecule has 1 aliphatic heterocycles. The Morgan fingerprint density at radius 1 is 1.00 bits per heavy atom. The highest BCUT2D eigenvalue weighted by atomic mass is 79.9. The van der Waals surface area contributed by atoms with Crippen LogP contribution in [0.3, 0.4) is 0 Å². The van der Waals surface area contributed by atoms with Crippen LogP contribution in [0.1, 0.15) is 39.6 Å². The summed E-state index contributed by atoms with van der Waals surface area (Å²) in [5.41, 5.74) is 2.70. The normalized spacial score (nSPS) is 24.1. The smallest absolute Gasteiger partial charge is 0.339 e. The molecule has 6 unspecified atom stereocenters. The number of carbonyl (C=O) groups is 4. The van der Waals surface area contributed by atoms with Crippen LogP contribution in [0.4, 0.5) is 11.4 Å². The first-order valence-corrected chi connectivity index (χ1v) is 18.4. The number of halogens is 4. The van der Waals surface area contributed by atoms with Crippen molar-refractivity contribution >= 4 is 105 Å². The first-order valence-electron chi connectivity index (χ1n) is 15.4. The van der Waals surface area contributed by atoms with E-state index < -0.39 is 29.0 Å². The van der Waals surface area contributed by atoms with Crippen LogP contribution in [0.5, 0.6) is 0 Å². The van der Waals surface area contributed by atoms with E-state index in [2.05, 4.69) is 47.8 Å². The number of nitro groups is 1. The van der Waals surface area contributed by atoms with Gasteiger partial charge in [0.2, 0.25) is 17.6 Å². The van der Waals surface area contributed by atoms with Crippen molar-refractivity contribution in [3.05, 3.63) is 97.0 Å². The molecule has 7 rings (SSSR count). The molecule has 2 aliphatic carbocycles. The van der Waals surface area contributed by atoms with Crippen LogP contribution in [0, 0.1) is 33.8 Å². The Morgan fingerprint density at radius 2 is 1.65 bits per heavy atom. The van der Waals surface area contributed by atoms with Crippen molar-refractivity contribution in [2.24, 2.45) is 23.7 Å². The molecular formula is C35H25Br3ClN3O7. The molecule has 14 heteroatoms. The van der Waals surface area contributed by atoms with Crippen LogP contribution in [0.25, 0.3) is 22.2 Å². The fraction of sp³-hybridized carbons (Fsp3) is 0.286. The van der Waals surface area contributed by atoms with Gasteiger partial charge in [0.1, 0.15) is 5.02 Å².